The predicted octanol–water partition coefficient (Wildman–Crippen LogP) is 0.315. The summed E-state index contributed by atoms with van der Waals surface area (Å²) in [6.45, 7) is 1.28. The standard InChI is InChI=1S/C13H21N5O/c19-13(14-5-7-18-8-6-15-17-18)12-9-10-3-1-2-4-11(10)16-12/h6,8,10-12,16H,1-5,7,9H2,(H,14,19). The number of fused-ring (bicyclic) bond motifs is 1. The number of hydrogen-bond donors (Lipinski definition) is 2. The number of nitrogens with one attached hydrogen (secondary N) is 2. The summed E-state index contributed by atoms with van der Waals surface area (Å²) in [7, 11) is 0. The van der Waals surface area contributed by atoms with E-state index < -0.39 is 0 Å². The number of carbonyl (C=O) groups excluding carboxylic acids is 1. The number of nitrogens with zero attached hydrogens (tertiary/aromatic N) is 3. The van der Waals surface area contributed by atoms with E-state index in [4.69, 9.17) is 0 Å². The molecule has 0 bridgehead atoms. The first-order valence-electron chi connectivity index (χ1n) is 7.21. The van der Waals surface area contributed by atoms with E-state index in [-0.39, 0.29) is 11.9 Å². The zero-order valence-corrected chi connectivity index (χ0v) is 11.1. The molecule has 1 saturated carbocycles. The fourth-order valence-corrected chi connectivity index (χ4v) is 3.29. The number of aromatic nitrogens is 3. The Morgan fingerprint density at radius 1 is 1.42 bits per heavy atom. The molecule has 0 aromatic carbocycles. The van der Waals surface area contributed by atoms with Crippen LogP contribution < -0.4 is 10.6 Å². The Morgan fingerprint density at radius 2 is 2.32 bits per heavy atom. The number of amides is 1. The van der Waals surface area contributed by atoms with Crippen LogP contribution in [-0.2, 0) is 11.3 Å². The van der Waals surface area contributed by atoms with Crippen molar-refractivity contribution in [2.24, 2.45) is 5.92 Å². The van der Waals surface area contributed by atoms with Crippen molar-refractivity contribution in [2.45, 2.75) is 50.7 Å². The third kappa shape index (κ3) is 2.94. The molecule has 6 nitrogen and oxygen atoms in total. The van der Waals surface area contributed by atoms with Crippen LogP contribution in [0.4, 0.5) is 0 Å². The molecule has 0 radical (unpaired) electrons. The lowest BCUT2D eigenvalue weighted by atomic mass is 9.85. The van der Waals surface area contributed by atoms with Crippen molar-refractivity contribution in [1.29, 1.82) is 0 Å². The van der Waals surface area contributed by atoms with Crippen LogP contribution in [-0.4, -0.2) is 39.5 Å². The van der Waals surface area contributed by atoms with E-state index in [0.29, 0.717) is 25.0 Å². The van der Waals surface area contributed by atoms with Crippen molar-refractivity contribution in [3.05, 3.63) is 12.4 Å². The van der Waals surface area contributed by atoms with Gasteiger partial charge in [0.1, 0.15) is 0 Å². The first-order valence-corrected chi connectivity index (χ1v) is 7.21. The molecule has 2 heterocycles. The molecule has 104 valence electrons. The minimum atomic E-state index is 0.00356. The first kappa shape index (κ1) is 12.6. The monoisotopic (exact) mass is 263 g/mol. The van der Waals surface area contributed by atoms with Gasteiger partial charge in [-0.05, 0) is 25.2 Å². The molecule has 6 heteroatoms. The van der Waals surface area contributed by atoms with Gasteiger partial charge in [0.05, 0.1) is 18.8 Å². The van der Waals surface area contributed by atoms with E-state index in [1.165, 1.54) is 25.7 Å². The Labute approximate surface area is 112 Å². The van der Waals surface area contributed by atoms with Crippen LogP contribution in [0.15, 0.2) is 12.4 Å². The van der Waals surface area contributed by atoms with Gasteiger partial charge in [-0.1, -0.05) is 18.1 Å². The highest BCUT2D eigenvalue weighted by Crippen LogP contribution is 2.33. The summed E-state index contributed by atoms with van der Waals surface area (Å²) in [5.74, 6) is 0.842. The lowest BCUT2D eigenvalue weighted by Crippen LogP contribution is -2.44. The van der Waals surface area contributed by atoms with Crippen LogP contribution in [0.25, 0.3) is 0 Å². The molecule has 1 amide bonds. The highest BCUT2D eigenvalue weighted by atomic mass is 16.2. The molecule has 19 heavy (non-hydrogen) atoms. The second-order valence-electron chi connectivity index (χ2n) is 5.56. The predicted molar refractivity (Wildman–Crippen MR) is 70.3 cm³/mol. The zero-order chi connectivity index (χ0) is 13.1. The highest BCUT2D eigenvalue weighted by molar-refractivity contribution is 5.82. The average Bonchev–Trinajstić information content (AvgIpc) is 3.07. The molecule has 1 aromatic rings. The molecule has 1 saturated heterocycles. The maximum atomic E-state index is 12.1. The van der Waals surface area contributed by atoms with Crippen molar-refractivity contribution >= 4 is 5.91 Å². The molecule has 1 aliphatic heterocycles. The number of carbonyl (C=O) groups is 1. The van der Waals surface area contributed by atoms with Crippen molar-refractivity contribution in [3.63, 3.8) is 0 Å². The van der Waals surface area contributed by atoms with E-state index in [0.717, 1.165) is 6.42 Å². The largest absolute Gasteiger partial charge is 0.353 e. The summed E-state index contributed by atoms with van der Waals surface area (Å²) in [4.78, 5) is 12.1. The molecule has 2 fully saturated rings. The van der Waals surface area contributed by atoms with Crippen molar-refractivity contribution in [1.82, 2.24) is 25.6 Å². The minimum absolute atomic E-state index is 0.00356. The van der Waals surface area contributed by atoms with Crippen molar-refractivity contribution in [2.75, 3.05) is 6.54 Å². The summed E-state index contributed by atoms with van der Waals surface area (Å²) in [5.41, 5.74) is 0. The summed E-state index contributed by atoms with van der Waals surface area (Å²) in [5, 5.41) is 14.1. The Bertz CT molecular complexity index is 405. The Kier molecular flexibility index (Phi) is 3.77. The van der Waals surface area contributed by atoms with Gasteiger partial charge in [0.2, 0.25) is 5.91 Å². The average molecular weight is 263 g/mol. The van der Waals surface area contributed by atoms with Gasteiger partial charge in [0, 0.05) is 18.8 Å². The van der Waals surface area contributed by atoms with E-state index >= 15 is 0 Å². The van der Waals surface area contributed by atoms with Crippen LogP contribution in [0, 0.1) is 5.92 Å². The Hall–Kier alpha value is -1.43. The molecule has 3 atom stereocenters. The summed E-state index contributed by atoms with van der Waals surface area (Å²) >= 11 is 0. The lowest BCUT2D eigenvalue weighted by molar-refractivity contribution is -0.122. The maximum Gasteiger partial charge on any atom is 0.237 e. The van der Waals surface area contributed by atoms with Gasteiger partial charge in [-0.3, -0.25) is 9.48 Å². The van der Waals surface area contributed by atoms with Gasteiger partial charge >= 0.3 is 0 Å². The molecule has 2 N–H and O–H groups in total. The topological polar surface area (TPSA) is 71.8 Å². The highest BCUT2D eigenvalue weighted by Gasteiger charge is 2.37. The van der Waals surface area contributed by atoms with Crippen LogP contribution in [0.2, 0.25) is 0 Å². The SMILES string of the molecule is O=C(NCCn1ccnn1)C1CC2CCCCC2N1. The minimum Gasteiger partial charge on any atom is -0.353 e. The van der Waals surface area contributed by atoms with E-state index in [1.54, 1.807) is 17.1 Å². The Morgan fingerprint density at radius 3 is 3.11 bits per heavy atom. The summed E-state index contributed by atoms with van der Waals surface area (Å²) in [6.07, 6.45) is 9.57. The zero-order valence-electron chi connectivity index (χ0n) is 11.1. The molecule has 1 aromatic heterocycles. The summed E-state index contributed by atoms with van der Waals surface area (Å²) in [6, 6.07) is 0.573. The fraction of sp³-hybridized carbons (Fsp3) is 0.769. The maximum absolute atomic E-state index is 12.1. The molecule has 2 aliphatic rings. The van der Waals surface area contributed by atoms with Crippen LogP contribution in [0.5, 0.6) is 0 Å². The molecular weight excluding hydrogens is 242 g/mol. The Balaban J connectivity index is 1.43. The van der Waals surface area contributed by atoms with Crippen molar-refractivity contribution < 1.29 is 4.79 Å². The smallest absolute Gasteiger partial charge is 0.237 e. The second-order valence-corrected chi connectivity index (χ2v) is 5.56. The van der Waals surface area contributed by atoms with Gasteiger partial charge < -0.3 is 10.6 Å². The van der Waals surface area contributed by atoms with E-state index in [2.05, 4.69) is 20.9 Å². The van der Waals surface area contributed by atoms with Crippen molar-refractivity contribution in [3.8, 4) is 0 Å². The van der Waals surface area contributed by atoms with E-state index in [1.807, 2.05) is 0 Å². The van der Waals surface area contributed by atoms with Gasteiger partial charge in [0.15, 0.2) is 0 Å². The normalized spacial score (nSPS) is 30.0. The third-order valence-corrected chi connectivity index (χ3v) is 4.29. The molecule has 3 unspecified atom stereocenters. The number of hydrogen-bond acceptors (Lipinski definition) is 4. The molecule has 3 rings (SSSR count). The third-order valence-electron chi connectivity index (χ3n) is 4.29. The molecule has 0 spiro atoms. The van der Waals surface area contributed by atoms with Crippen LogP contribution in [0.1, 0.15) is 32.1 Å². The fourth-order valence-electron chi connectivity index (χ4n) is 3.29. The summed E-state index contributed by atoms with van der Waals surface area (Å²) < 4.78 is 1.72. The van der Waals surface area contributed by atoms with Gasteiger partial charge in [-0.25, -0.2) is 0 Å². The van der Waals surface area contributed by atoms with Gasteiger partial charge in [-0.2, -0.15) is 0 Å². The van der Waals surface area contributed by atoms with Crippen LogP contribution in [0.3, 0.4) is 0 Å². The second kappa shape index (κ2) is 5.69. The van der Waals surface area contributed by atoms with Crippen LogP contribution >= 0.6 is 0 Å². The quantitative estimate of drug-likeness (QED) is 0.820. The molecule has 1 aliphatic carbocycles. The van der Waals surface area contributed by atoms with Gasteiger partial charge in [-0.15, -0.1) is 5.10 Å². The van der Waals surface area contributed by atoms with Gasteiger partial charge in [0.25, 0.3) is 0 Å². The number of rotatable bonds is 4. The first-order chi connectivity index (χ1) is 9.33. The lowest BCUT2D eigenvalue weighted by Gasteiger charge is -2.24. The molecular formula is C13H21N5O. The van der Waals surface area contributed by atoms with E-state index in [9.17, 15) is 4.79 Å².